The number of aliphatic hydroxyl groups excluding tert-OH is 1. The number of hydrogen-bond donors (Lipinski definition) is 1. The average molecular weight is 256 g/mol. The highest BCUT2D eigenvalue weighted by Crippen LogP contribution is 2.08. The third kappa shape index (κ3) is 4.64. The van der Waals surface area contributed by atoms with Gasteiger partial charge in [-0.3, -0.25) is 9.59 Å². The summed E-state index contributed by atoms with van der Waals surface area (Å²) in [4.78, 5) is 27.2. The minimum Gasteiger partial charge on any atom is -0.396 e. The first kappa shape index (κ1) is 15.0. The van der Waals surface area contributed by atoms with Crippen LogP contribution in [-0.4, -0.2) is 59.5 Å². The van der Waals surface area contributed by atoms with E-state index in [9.17, 15) is 9.59 Å². The molecule has 0 aromatic carbocycles. The number of amides is 2. The Labute approximate surface area is 109 Å². The van der Waals surface area contributed by atoms with Crippen molar-refractivity contribution in [2.45, 2.75) is 39.0 Å². The fourth-order valence-electron chi connectivity index (χ4n) is 2.08. The second-order valence-corrected chi connectivity index (χ2v) is 4.69. The maximum atomic E-state index is 11.8. The van der Waals surface area contributed by atoms with E-state index in [-0.39, 0.29) is 18.4 Å². The van der Waals surface area contributed by atoms with Crippen LogP contribution in [0.2, 0.25) is 0 Å². The predicted molar refractivity (Wildman–Crippen MR) is 69.0 cm³/mol. The molecule has 0 aromatic rings. The topological polar surface area (TPSA) is 60.9 Å². The standard InChI is InChI=1S/C13H24N2O3/c1-2-3-5-12(17)14-7-9-15(10-8-14)13(18)6-4-11-16/h16H,2-11H2,1H3. The third-order valence-corrected chi connectivity index (χ3v) is 3.28. The summed E-state index contributed by atoms with van der Waals surface area (Å²) in [6.45, 7) is 4.68. The summed E-state index contributed by atoms with van der Waals surface area (Å²) in [5, 5.41) is 8.69. The van der Waals surface area contributed by atoms with Crippen molar-refractivity contribution in [2.24, 2.45) is 0 Å². The van der Waals surface area contributed by atoms with Gasteiger partial charge in [-0.15, -0.1) is 0 Å². The normalized spacial score (nSPS) is 15.9. The van der Waals surface area contributed by atoms with E-state index >= 15 is 0 Å². The van der Waals surface area contributed by atoms with Gasteiger partial charge in [-0.25, -0.2) is 0 Å². The van der Waals surface area contributed by atoms with Gasteiger partial charge >= 0.3 is 0 Å². The molecule has 1 aliphatic heterocycles. The SMILES string of the molecule is CCCCC(=O)N1CCN(C(=O)CCCO)CC1. The summed E-state index contributed by atoms with van der Waals surface area (Å²) in [6.07, 6.45) is 3.52. The number of unbranched alkanes of at least 4 members (excludes halogenated alkanes) is 1. The monoisotopic (exact) mass is 256 g/mol. The molecule has 2 amide bonds. The van der Waals surface area contributed by atoms with Crippen molar-refractivity contribution < 1.29 is 14.7 Å². The molecule has 104 valence electrons. The van der Waals surface area contributed by atoms with Gasteiger partial charge in [-0.2, -0.15) is 0 Å². The molecule has 0 unspecified atom stereocenters. The maximum Gasteiger partial charge on any atom is 0.222 e. The molecule has 1 N–H and O–H groups in total. The summed E-state index contributed by atoms with van der Waals surface area (Å²) >= 11 is 0. The lowest BCUT2D eigenvalue weighted by atomic mass is 10.2. The van der Waals surface area contributed by atoms with Gasteiger partial charge in [0, 0.05) is 45.6 Å². The minimum atomic E-state index is 0.0568. The van der Waals surface area contributed by atoms with E-state index in [1.54, 1.807) is 4.90 Å². The van der Waals surface area contributed by atoms with Crippen LogP contribution in [-0.2, 0) is 9.59 Å². The quantitative estimate of drug-likeness (QED) is 0.758. The highest BCUT2D eigenvalue weighted by molar-refractivity contribution is 5.78. The van der Waals surface area contributed by atoms with Crippen LogP contribution in [0.4, 0.5) is 0 Å². The Bertz CT molecular complexity index is 245. The molecule has 5 nitrogen and oxygen atoms in total. The largest absolute Gasteiger partial charge is 0.396 e. The molecule has 0 atom stereocenters. The van der Waals surface area contributed by atoms with Crippen LogP contribution in [0.3, 0.4) is 0 Å². The first-order valence-electron chi connectivity index (χ1n) is 6.85. The third-order valence-electron chi connectivity index (χ3n) is 3.28. The van der Waals surface area contributed by atoms with Crippen molar-refractivity contribution in [1.29, 1.82) is 0 Å². The van der Waals surface area contributed by atoms with E-state index in [4.69, 9.17) is 5.11 Å². The summed E-state index contributed by atoms with van der Waals surface area (Å²) < 4.78 is 0. The number of rotatable bonds is 6. The predicted octanol–water partition coefficient (Wildman–Crippen LogP) is 0.620. The van der Waals surface area contributed by atoms with E-state index in [0.717, 1.165) is 12.8 Å². The van der Waals surface area contributed by atoms with Crippen LogP contribution in [0.15, 0.2) is 0 Å². The van der Waals surface area contributed by atoms with Crippen molar-refractivity contribution >= 4 is 11.8 Å². The molecule has 1 aliphatic rings. The molecule has 1 saturated heterocycles. The van der Waals surface area contributed by atoms with Gasteiger partial charge in [0.15, 0.2) is 0 Å². The van der Waals surface area contributed by atoms with Crippen LogP contribution in [0.25, 0.3) is 0 Å². The molecule has 0 radical (unpaired) electrons. The smallest absolute Gasteiger partial charge is 0.222 e. The summed E-state index contributed by atoms with van der Waals surface area (Å²) in [7, 11) is 0. The van der Waals surface area contributed by atoms with Crippen LogP contribution in [0.5, 0.6) is 0 Å². The Hall–Kier alpha value is -1.10. The van der Waals surface area contributed by atoms with Crippen molar-refractivity contribution in [3.05, 3.63) is 0 Å². The Balaban J connectivity index is 2.27. The lowest BCUT2D eigenvalue weighted by Gasteiger charge is -2.35. The van der Waals surface area contributed by atoms with Gasteiger partial charge in [-0.05, 0) is 12.8 Å². The molecule has 0 saturated carbocycles. The number of carbonyl (C=O) groups excluding carboxylic acids is 2. The van der Waals surface area contributed by atoms with Crippen LogP contribution in [0.1, 0.15) is 39.0 Å². The van der Waals surface area contributed by atoms with Gasteiger partial charge < -0.3 is 14.9 Å². The van der Waals surface area contributed by atoms with Crippen molar-refractivity contribution in [2.75, 3.05) is 32.8 Å². The van der Waals surface area contributed by atoms with Gasteiger partial charge in [0.1, 0.15) is 0 Å². The highest BCUT2D eigenvalue weighted by atomic mass is 16.3. The molecular formula is C13H24N2O3. The first-order valence-corrected chi connectivity index (χ1v) is 6.85. The summed E-state index contributed by atoms with van der Waals surface area (Å²) in [5.41, 5.74) is 0. The van der Waals surface area contributed by atoms with E-state index in [1.807, 2.05) is 4.90 Å². The second-order valence-electron chi connectivity index (χ2n) is 4.69. The number of piperazine rings is 1. The van der Waals surface area contributed by atoms with Gasteiger partial charge in [-0.1, -0.05) is 13.3 Å². The molecule has 0 bridgehead atoms. The van der Waals surface area contributed by atoms with Crippen molar-refractivity contribution in [3.63, 3.8) is 0 Å². The van der Waals surface area contributed by atoms with Gasteiger partial charge in [0.25, 0.3) is 0 Å². The van der Waals surface area contributed by atoms with Crippen molar-refractivity contribution in [3.8, 4) is 0 Å². The lowest BCUT2D eigenvalue weighted by Crippen LogP contribution is -2.50. The van der Waals surface area contributed by atoms with Gasteiger partial charge in [0.05, 0.1) is 0 Å². The Morgan fingerprint density at radius 1 is 0.944 bits per heavy atom. The maximum absolute atomic E-state index is 11.8. The summed E-state index contributed by atoms with van der Waals surface area (Å²) in [6, 6.07) is 0. The Kier molecular flexibility index (Phi) is 6.72. The molecule has 0 aliphatic carbocycles. The molecule has 0 aromatic heterocycles. The molecule has 1 fully saturated rings. The molecule has 1 rings (SSSR count). The molecule has 18 heavy (non-hydrogen) atoms. The number of hydrogen-bond acceptors (Lipinski definition) is 3. The molecule has 1 heterocycles. The van der Waals surface area contributed by atoms with E-state index in [1.165, 1.54) is 0 Å². The average Bonchev–Trinajstić information content (AvgIpc) is 2.42. The van der Waals surface area contributed by atoms with Gasteiger partial charge in [0.2, 0.25) is 11.8 Å². The molecule has 0 spiro atoms. The number of nitrogens with zero attached hydrogens (tertiary/aromatic N) is 2. The first-order chi connectivity index (χ1) is 8.69. The van der Waals surface area contributed by atoms with Crippen LogP contribution in [0, 0.1) is 0 Å². The van der Waals surface area contributed by atoms with Crippen LogP contribution < -0.4 is 0 Å². The fraction of sp³-hybridized carbons (Fsp3) is 0.846. The highest BCUT2D eigenvalue weighted by Gasteiger charge is 2.23. The zero-order chi connectivity index (χ0) is 13.4. The number of carbonyl (C=O) groups is 2. The van der Waals surface area contributed by atoms with Crippen LogP contribution >= 0.6 is 0 Å². The zero-order valence-electron chi connectivity index (χ0n) is 11.2. The lowest BCUT2D eigenvalue weighted by molar-refractivity contribution is -0.139. The van der Waals surface area contributed by atoms with E-state index < -0.39 is 0 Å². The molecular weight excluding hydrogens is 232 g/mol. The van der Waals surface area contributed by atoms with E-state index in [2.05, 4.69) is 6.92 Å². The van der Waals surface area contributed by atoms with E-state index in [0.29, 0.717) is 45.4 Å². The molecule has 5 heteroatoms. The summed E-state index contributed by atoms with van der Waals surface area (Å²) in [5.74, 6) is 0.295. The number of aliphatic hydroxyl groups is 1. The Morgan fingerprint density at radius 2 is 1.39 bits per heavy atom. The minimum absolute atomic E-state index is 0.0568. The zero-order valence-corrected chi connectivity index (χ0v) is 11.2. The Morgan fingerprint density at radius 3 is 1.78 bits per heavy atom. The fourth-order valence-corrected chi connectivity index (χ4v) is 2.08. The van der Waals surface area contributed by atoms with Crippen molar-refractivity contribution in [1.82, 2.24) is 9.80 Å². The second kappa shape index (κ2) is 8.08.